The molecule has 0 unspecified atom stereocenters. The van der Waals surface area contributed by atoms with Gasteiger partial charge in [-0.05, 0) is 25.0 Å². The molecule has 0 radical (unpaired) electrons. The van der Waals surface area contributed by atoms with Crippen molar-refractivity contribution < 1.29 is 31.6 Å². The first-order chi connectivity index (χ1) is 12.2. The summed E-state index contributed by atoms with van der Waals surface area (Å²) in [5, 5.41) is 0. The van der Waals surface area contributed by atoms with Crippen molar-refractivity contribution in [3.8, 4) is 0 Å². The van der Waals surface area contributed by atoms with E-state index < -0.39 is 25.1 Å². The lowest BCUT2D eigenvalue weighted by atomic mass is 10.1. The molecule has 4 nitrogen and oxygen atoms in total. The van der Waals surface area contributed by atoms with E-state index >= 15 is 0 Å². The Morgan fingerprint density at radius 2 is 1.50 bits per heavy atom. The fourth-order valence-corrected chi connectivity index (χ4v) is 3.71. The minimum atomic E-state index is -4.45. The highest BCUT2D eigenvalue weighted by Gasteiger charge is 2.30. The second kappa shape index (κ2) is 10.9. The average Bonchev–Trinajstić information content (AvgIpc) is 2.60. The van der Waals surface area contributed by atoms with Crippen LogP contribution in [0.2, 0.25) is 0 Å². The molecular formula is C18H26F3O4P. The van der Waals surface area contributed by atoms with Crippen LogP contribution < -0.4 is 0 Å². The van der Waals surface area contributed by atoms with Crippen LogP contribution in [0.3, 0.4) is 0 Å². The molecule has 0 fully saturated rings. The quantitative estimate of drug-likeness (QED) is 0.244. The van der Waals surface area contributed by atoms with Crippen molar-refractivity contribution in [2.45, 2.75) is 52.1 Å². The van der Waals surface area contributed by atoms with E-state index in [9.17, 15) is 22.5 Å². The normalized spacial score (nSPS) is 12.3. The van der Waals surface area contributed by atoms with E-state index in [0.717, 1.165) is 49.9 Å². The number of unbranched alkanes of at least 4 members (excludes halogenated alkanes) is 2. The Bertz CT molecular complexity index is 585. The molecule has 1 aromatic rings. The van der Waals surface area contributed by atoms with E-state index in [1.165, 1.54) is 0 Å². The number of ketones is 1. The first-order valence-corrected chi connectivity index (χ1v) is 10.5. The largest absolute Gasteiger partial charge is 0.416 e. The number of rotatable bonds is 12. The smallest absolute Gasteiger partial charge is 0.309 e. The van der Waals surface area contributed by atoms with Gasteiger partial charge >= 0.3 is 13.8 Å². The summed E-state index contributed by atoms with van der Waals surface area (Å²) in [4.78, 5) is 12.2. The number of Topliss-reactive ketones (excluding diaryl/α,β-unsaturated/α-hetero) is 1. The molecule has 26 heavy (non-hydrogen) atoms. The number of carbonyl (C=O) groups is 1. The van der Waals surface area contributed by atoms with Crippen LogP contribution in [0.15, 0.2) is 24.3 Å². The van der Waals surface area contributed by atoms with Crippen LogP contribution in [0.5, 0.6) is 0 Å². The number of benzene rings is 1. The van der Waals surface area contributed by atoms with Crippen LogP contribution in [0, 0.1) is 0 Å². The van der Waals surface area contributed by atoms with Gasteiger partial charge in [0.1, 0.15) is 0 Å². The van der Waals surface area contributed by atoms with E-state index in [4.69, 9.17) is 9.05 Å². The molecular weight excluding hydrogens is 368 g/mol. The summed E-state index contributed by atoms with van der Waals surface area (Å²) in [5.74, 6) is -0.392. The predicted octanol–water partition coefficient (Wildman–Crippen LogP) is 6.10. The minimum Gasteiger partial charge on any atom is -0.309 e. The van der Waals surface area contributed by atoms with Gasteiger partial charge < -0.3 is 9.05 Å². The van der Waals surface area contributed by atoms with Crippen molar-refractivity contribution in [2.24, 2.45) is 0 Å². The lowest BCUT2D eigenvalue weighted by molar-refractivity contribution is -0.137. The van der Waals surface area contributed by atoms with Gasteiger partial charge in [0.05, 0.1) is 24.9 Å². The van der Waals surface area contributed by atoms with Gasteiger partial charge in [-0.2, -0.15) is 13.2 Å². The zero-order valence-electron chi connectivity index (χ0n) is 15.2. The second-order valence-electron chi connectivity index (χ2n) is 5.96. The van der Waals surface area contributed by atoms with Gasteiger partial charge in [-0.25, -0.2) is 0 Å². The number of hydrogen-bond donors (Lipinski definition) is 0. The molecule has 0 saturated heterocycles. The van der Waals surface area contributed by atoms with Crippen LogP contribution in [-0.2, 0) is 19.8 Å². The zero-order valence-corrected chi connectivity index (χ0v) is 16.1. The minimum absolute atomic E-state index is 0.0831. The third-order valence-corrected chi connectivity index (χ3v) is 5.64. The first-order valence-electron chi connectivity index (χ1n) is 8.80. The molecule has 0 aliphatic carbocycles. The molecule has 0 spiro atoms. The van der Waals surface area contributed by atoms with Crippen molar-refractivity contribution in [3.63, 3.8) is 0 Å². The van der Waals surface area contributed by atoms with E-state index in [1.54, 1.807) is 0 Å². The first kappa shape index (κ1) is 22.9. The molecule has 1 rings (SSSR count). The highest BCUT2D eigenvalue weighted by atomic mass is 31.2. The van der Waals surface area contributed by atoms with Crippen LogP contribution >= 0.6 is 7.60 Å². The van der Waals surface area contributed by atoms with Crippen molar-refractivity contribution >= 4 is 13.4 Å². The molecule has 148 valence electrons. The highest BCUT2D eigenvalue weighted by molar-refractivity contribution is 7.53. The van der Waals surface area contributed by atoms with E-state index in [-0.39, 0.29) is 31.4 Å². The topological polar surface area (TPSA) is 52.6 Å². The van der Waals surface area contributed by atoms with Gasteiger partial charge in [-0.15, -0.1) is 0 Å². The molecule has 0 aliphatic rings. The summed E-state index contributed by atoms with van der Waals surface area (Å²) < 4.78 is 61.2. The van der Waals surface area contributed by atoms with Crippen LogP contribution in [0.25, 0.3) is 0 Å². The Morgan fingerprint density at radius 1 is 1.00 bits per heavy atom. The van der Waals surface area contributed by atoms with Crippen molar-refractivity contribution in [2.75, 3.05) is 19.4 Å². The summed E-state index contributed by atoms with van der Waals surface area (Å²) in [7, 11) is -3.39. The van der Waals surface area contributed by atoms with Crippen molar-refractivity contribution in [1.82, 2.24) is 0 Å². The van der Waals surface area contributed by atoms with Crippen molar-refractivity contribution in [1.29, 1.82) is 0 Å². The number of halogens is 3. The van der Waals surface area contributed by atoms with Gasteiger partial charge in [-0.1, -0.05) is 38.8 Å². The van der Waals surface area contributed by atoms with E-state index in [1.807, 2.05) is 13.8 Å². The van der Waals surface area contributed by atoms with Crippen molar-refractivity contribution in [3.05, 3.63) is 35.4 Å². The average molecular weight is 394 g/mol. The molecule has 0 N–H and O–H groups in total. The van der Waals surface area contributed by atoms with E-state index in [0.29, 0.717) is 0 Å². The molecule has 1 aromatic carbocycles. The van der Waals surface area contributed by atoms with E-state index in [2.05, 4.69) is 0 Å². The lowest BCUT2D eigenvalue weighted by Gasteiger charge is -2.18. The summed E-state index contributed by atoms with van der Waals surface area (Å²) in [6.45, 7) is 4.52. The Hall–Kier alpha value is -1.17. The SMILES string of the molecule is CCCCOP(=O)(CCC(=O)c1ccc(C(F)(F)F)cc1)OCCCC. The number of alkyl halides is 3. The Kier molecular flexibility index (Phi) is 9.55. The monoisotopic (exact) mass is 394 g/mol. The molecule has 8 heteroatoms. The lowest BCUT2D eigenvalue weighted by Crippen LogP contribution is -2.09. The summed E-state index contributed by atoms with van der Waals surface area (Å²) in [5.41, 5.74) is -0.669. The maximum Gasteiger partial charge on any atom is 0.416 e. The third-order valence-electron chi connectivity index (χ3n) is 3.72. The molecule has 0 aromatic heterocycles. The third kappa shape index (κ3) is 8.02. The van der Waals surface area contributed by atoms with Crippen LogP contribution in [0.4, 0.5) is 13.2 Å². The van der Waals surface area contributed by atoms with Crippen LogP contribution in [0.1, 0.15) is 61.9 Å². The molecule has 0 heterocycles. The number of hydrogen-bond acceptors (Lipinski definition) is 4. The Balaban J connectivity index is 2.67. The maximum atomic E-state index is 12.7. The van der Waals surface area contributed by atoms with Gasteiger partial charge in [0.2, 0.25) is 0 Å². The fourth-order valence-electron chi connectivity index (χ4n) is 2.09. The number of carbonyl (C=O) groups excluding carboxylic acids is 1. The molecule has 0 amide bonds. The van der Waals surface area contributed by atoms with Gasteiger partial charge in [-0.3, -0.25) is 9.36 Å². The van der Waals surface area contributed by atoms with Crippen LogP contribution in [-0.4, -0.2) is 25.2 Å². The summed E-state index contributed by atoms with van der Waals surface area (Å²) in [6.07, 6.45) is -1.43. The molecule has 0 bridgehead atoms. The Labute approximate surface area is 152 Å². The fraction of sp³-hybridized carbons (Fsp3) is 0.611. The second-order valence-corrected chi connectivity index (χ2v) is 8.14. The maximum absolute atomic E-state index is 12.7. The van der Waals surface area contributed by atoms with Gasteiger partial charge in [0.15, 0.2) is 5.78 Å². The standard InChI is InChI=1S/C18H26F3O4P/c1-3-5-12-24-26(23,25-13-6-4-2)14-11-17(22)15-7-9-16(10-8-15)18(19,20)21/h7-10H,3-6,11-14H2,1-2H3. The molecule has 0 saturated carbocycles. The van der Waals surface area contributed by atoms with Gasteiger partial charge in [0.25, 0.3) is 0 Å². The highest BCUT2D eigenvalue weighted by Crippen LogP contribution is 2.49. The Morgan fingerprint density at radius 3 is 1.92 bits per heavy atom. The summed E-state index contributed by atoms with van der Waals surface area (Å²) >= 11 is 0. The molecule has 0 atom stereocenters. The van der Waals surface area contributed by atoms with Gasteiger partial charge in [0, 0.05) is 12.0 Å². The molecule has 0 aliphatic heterocycles. The predicted molar refractivity (Wildman–Crippen MR) is 94.6 cm³/mol. The summed E-state index contributed by atoms with van der Waals surface area (Å²) in [6, 6.07) is 3.99. The zero-order chi connectivity index (χ0) is 19.6.